The average Bonchev–Trinajstić information content (AvgIpc) is 3.61. The maximum atomic E-state index is 18.2. The zero-order chi connectivity index (χ0) is 36.3. The van der Waals surface area contributed by atoms with Gasteiger partial charge in [-0.3, -0.25) is 19.4 Å². The van der Waals surface area contributed by atoms with Crippen molar-refractivity contribution < 1.29 is 37.7 Å². The molecule has 10 nitrogen and oxygen atoms in total. The third kappa shape index (κ3) is 9.19. The number of benzene rings is 3. The quantitative estimate of drug-likeness (QED) is 0.102. The summed E-state index contributed by atoms with van der Waals surface area (Å²) in [5.41, 5.74) is 2.34. The molecule has 4 rings (SSSR count). The molecule has 1 aliphatic heterocycles. The minimum atomic E-state index is -2.89. The van der Waals surface area contributed by atoms with Crippen molar-refractivity contribution in [3.8, 4) is 11.5 Å². The fourth-order valence-corrected chi connectivity index (χ4v) is 6.54. The Bertz CT molecular complexity index is 1490. The summed E-state index contributed by atoms with van der Waals surface area (Å²) in [4.78, 5) is 46.6. The van der Waals surface area contributed by atoms with Gasteiger partial charge in [0.2, 0.25) is 5.91 Å². The molecule has 1 fully saturated rings. The standard InChI is InChI=1S/C39H50FN3O7/c1-7-50-37(45)34-14-11-23-42(34)38(46)39(40,24-29-12-9-8-10-13-29)43(27-47-4)36(44)35(28(2)3)41(25-30-15-19-32(48-5)20-16-30)26-31-17-21-33(49-6)22-18-31/h8-10,12-13,15-22,28,34-35H,7,11,14,23-27H2,1-6H3/t34-,35-,39-/m0/s1. The Morgan fingerprint density at radius 2 is 1.42 bits per heavy atom. The van der Waals surface area contributed by atoms with Crippen molar-refractivity contribution in [2.24, 2.45) is 5.92 Å². The molecule has 3 aromatic carbocycles. The predicted molar refractivity (Wildman–Crippen MR) is 188 cm³/mol. The summed E-state index contributed by atoms with van der Waals surface area (Å²) in [6.07, 6.45) is 0.410. The molecule has 11 heteroatoms. The van der Waals surface area contributed by atoms with Crippen molar-refractivity contribution in [2.45, 2.75) is 71.0 Å². The molecule has 0 radical (unpaired) electrons. The van der Waals surface area contributed by atoms with Crippen LogP contribution in [0.2, 0.25) is 0 Å². The van der Waals surface area contributed by atoms with Crippen molar-refractivity contribution in [3.63, 3.8) is 0 Å². The van der Waals surface area contributed by atoms with Crippen LogP contribution in [0.3, 0.4) is 0 Å². The van der Waals surface area contributed by atoms with Gasteiger partial charge in [-0.1, -0.05) is 68.4 Å². The number of carbonyl (C=O) groups is 3. The molecular weight excluding hydrogens is 641 g/mol. The van der Waals surface area contributed by atoms with Gasteiger partial charge in [0, 0.05) is 33.2 Å². The fraction of sp³-hybridized carbons (Fsp3) is 0.462. The number of likely N-dealkylation sites (tertiary alicyclic amines) is 1. The highest BCUT2D eigenvalue weighted by atomic mass is 19.1. The lowest BCUT2D eigenvalue weighted by molar-refractivity contribution is -0.183. The zero-order valence-corrected chi connectivity index (χ0v) is 30.0. The number of amides is 2. The summed E-state index contributed by atoms with van der Waals surface area (Å²) < 4.78 is 39.6. The van der Waals surface area contributed by atoms with Gasteiger partial charge in [0.25, 0.3) is 11.7 Å². The van der Waals surface area contributed by atoms with Crippen LogP contribution in [-0.4, -0.2) is 91.6 Å². The first-order valence-electron chi connectivity index (χ1n) is 17.1. The normalized spacial score (nSPS) is 16.2. The number of halogens is 1. The topological polar surface area (TPSA) is 97.9 Å². The molecule has 2 amide bonds. The van der Waals surface area contributed by atoms with Crippen LogP contribution in [0.1, 0.15) is 50.3 Å². The number of methoxy groups -OCH3 is 3. The first-order chi connectivity index (χ1) is 24.1. The number of esters is 1. The van der Waals surface area contributed by atoms with Crippen LogP contribution in [0.4, 0.5) is 4.39 Å². The molecule has 0 unspecified atom stereocenters. The third-order valence-electron chi connectivity index (χ3n) is 9.00. The van der Waals surface area contributed by atoms with Gasteiger partial charge >= 0.3 is 5.97 Å². The molecule has 0 N–H and O–H groups in total. The van der Waals surface area contributed by atoms with Crippen molar-refractivity contribution in [1.82, 2.24) is 14.7 Å². The van der Waals surface area contributed by atoms with E-state index in [0.717, 1.165) is 16.0 Å². The molecule has 1 saturated heterocycles. The first kappa shape index (κ1) is 38.3. The Hall–Kier alpha value is -4.48. The van der Waals surface area contributed by atoms with Crippen molar-refractivity contribution in [3.05, 3.63) is 95.6 Å². The number of hydrogen-bond donors (Lipinski definition) is 0. The van der Waals surface area contributed by atoms with E-state index in [1.807, 2.05) is 67.3 Å². The van der Waals surface area contributed by atoms with E-state index < -0.39 is 48.8 Å². The second-order valence-electron chi connectivity index (χ2n) is 12.8. The summed E-state index contributed by atoms with van der Waals surface area (Å²) in [5, 5.41) is 0. The van der Waals surface area contributed by atoms with Gasteiger partial charge in [-0.2, -0.15) is 0 Å². The number of hydrogen-bond acceptors (Lipinski definition) is 8. The molecule has 1 heterocycles. The van der Waals surface area contributed by atoms with E-state index in [0.29, 0.717) is 43.0 Å². The Labute approximate surface area is 295 Å². The average molecular weight is 692 g/mol. The second kappa shape index (κ2) is 18.0. The molecule has 1 aliphatic rings. The monoisotopic (exact) mass is 691 g/mol. The summed E-state index contributed by atoms with van der Waals surface area (Å²) in [6.45, 7) is 5.97. The predicted octanol–water partition coefficient (Wildman–Crippen LogP) is 5.63. The van der Waals surface area contributed by atoms with Crippen LogP contribution in [0.5, 0.6) is 11.5 Å². The van der Waals surface area contributed by atoms with E-state index >= 15 is 9.18 Å². The van der Waals surface area contributed by atoms with E-state index in [4.69, 9.17) is 18.9 Å². The van der Waals surface area contributed by atoms with Crippen molar-refractivity contribution >= 4 is 17.8 Å². The SMILES string of the molecule is CCOC(=O)[C@@H]1CCCN1C(=O)[C@](F)(Cc1ccccc1)N(COC)C(=O)[C@H](C(C)C)N(Cc1ccc(OC)cc1)Cc1ccc(OC)cc1. The van der Waals surface area contributed by atoms with Crippen LogP contribution in [-0.2, 0) is 43.4 Å². The first-order valence-corrected chi connectivity index (χ1v) is 17.1. The van der Waals surface area contributed by atoms with Crippen LogP contribution in [0, 0.1) is 5.92 Å². The molecule has 50 heavy (non-hydrogen) atoms. The largest absolute Gasteiger partial charge is 0.497 e. The maximum Gasteiger partial charge on any atom is 0.328 e. The smallest absolute Gasteiger partial charge is 0.328 e. The van der Waals surface area contributed by atoms with Gasteiger partial charge in [-0.25, -0.2) is 9.18 Å². The summed E-state index contributed by atoms with van der Waals surface area (Å²) in [5.74, 6) is -3.97. The molecule has 270 valence electrons. The minimum absolute atomic E-state index is 0.130. The van der Waals surface area contributed by atoms with Crippen LogP contribution in [0.25, 0.3) is 0 Å². The molecule has 0 aromatic heterocycles. The summed E-state index contributed by atoms with van der Waals surface area (Å²) in [7, 11) is 4.56. The van der Waals surface area contributed by atoms with E-state index in [2.05, 4.69) is 0 Å². The molecule has 0 aliphatic carbocycles. The Morgan fingerprint density at radius 1 is 0.860 bits per heavy atom. The van der Waals surface area contributed by atoms with Crippen molar-refractivity contribution in [2.75, 3.05) is 41.2 Å². The lowest BCUT2D eigenvalue weighted by atomic mass is 9.95. The zero-order valence-electron chi connectivity index (χ0n) is 30.0. The molecule has 3 atom stereocenters. The number of carbonyl (C=O) groups excluding carboxylic acids is 3. The third-order valence-corrected chi connectivity index (χ3v) is 9.00. The van der Waals surface area contributed by atoms with E-state index in [1.54, 1.807) is 51.5 Å². The number of nitrogens with zero attached hydrogens (tertiary/aromatic N) is 3. The van der Waals surface area contributed by atoms with Gasteiger partial charge in [-0.05, 0) is 66.6 Å². The van der Waals surface area contributed by atoms with Crippen LogP contribution >= 0.6 is 0 Å². The lowest BCUT2D eigenvalue weighted by Crippen LogP contribution is -2.65. The van der Waals surface area contributed by atoms with Crippen LogP contribution in [0.15, 0.2) is 78.9 Å². The van der Waals surface area contributed by atoms with Crippen LogP contribution < -0.4 is 9.47 Å². The lowest BCUT2D eigenvalue weighted by Gasteiger charge is -2.43. The highest BCUT2D eigenvalue weighted by molar-refractivity contribution is 5.94. The molecule has 0 spiro atoms. The van der Waals surface area contributed by atoms with Gasteiger partial charge < -0.3 is 23.8 Å². The van der Waals surface area contributed by atoms with Gasteiger partial charge in [0.15, 0.2) is 0 Å². The minimum Gasteiger partial charge on any atom is -0.497 e. The molecule has 3 aromatic rings. The second-order valence-corrected chi connectivity index (χ2v) is 12.8. The molecule has 0 bridgehead atoms. The highest BCUT2D eigenvalue weighted by Gasteiger charge is 2.54. The van der Waals surface area contributed by atoms with E-state index in [9.17, 15) is 9.59 Å². The maximum absolute atomic E-state index is 18.2. The Kier molecular flexibility index (Phi) is 13.8. The summed E-state index contributed by atoms with van der Waals surface area (Å²) >= 11 is 0. The molecular formula is C39H50FN3O7. The molecule has 0 saturated carbocycles. The Balaban J connectivity index is 1.80. The van der Waals surface area contributed by atoms with Gasteiger partial charge in [0.1, 0.15) is 24.3 Å². The number of rotatable bonds is 17. The van der Waals surface area contributed by atoms with E-state index in [-0.39, 0.29) is 19.1 Å². The number of ether oxygens (including phenoxy) is 4. The Morgan fingerprint density at radius 3 is 1.90 bits per heavy atom. The van der Waals surface area contributed by atoms with E-state index in [1.165, 1.54) is 12.0 Å². The number of alkyl halides is 1. The highest BCUT2D eigenvalue weighted by Crippen LogP contribution is 2.33. The summed E-state index contributed by atoms with van der Waals surface area (Å²) in [6, 6.07) is 22.0. The van der Waals surface area contributed by atoms with Gasteiger partial charge in [-0.15, -0.1) is 0 Å². The fourth-order valence-electron chi connectivity index (χ4n) is 6.54. The van der Waals surface area contributed by atoms with Crippen molar-refractivity contribution in [1.29, 1.82) is 0 Å². The van der Waals surface area contributed by atoms with Gasteiger partial charge in [0.05, 0.1) is 26.9 Å².